The molecule has 122 valence electrons. The Morgan fingerprint density at radius 3 is 2.38 bits per heavy atom. The molecule has 0 aliphatic heterocycles. The summed E-state index contributed by atoms with van der Waals surface area (Å²) in [5.41, 5.74) is 2.00. The lowest BCUT2D eigenvalue weighted by molar-refractivity contribution is 0.591. The molecule has 3 nitrogen and oxygen atoms in total. The smallest absolute Gasteiger partial charge is 0.211 e. The second kappa shape index (κ2) is 7.43. The van der Waals surface area contributed by atoms with E-state index in [9.17, 15) is 8.42 Å². The number of benzene rings is 3. The summed E-state index contributed by atoms with van der Waals surface area (Å²) in [7, 11) is -3.43. The Kier molecular flexibility index (Phi) is 5.08. The predicted octanol–water partition coefficient (Wildman–Crippen LogP) is 3.97. The van der Waals surface area contributed by atoms with Gasteiger partial charge in [0.15, 0.2) is 0 Å². The highest BCUT2D eigenvalue weighted by atomic mass is 32.2. The van der Waals surface area contributed by atoms with Crippen molar-refractivity contribution in [2.45, 2.75) is 6.42 Å². The monoisotopic (exact) mass is 337 g/mol. The van der Waals surface area contributed by atoms with E-state index < -0.39 is 10.0 Å². The van der Waals surface area contributed by atoms with Gasteiger partial charge in [-0.3, -0.25) is 0 Å². The molecule has 0 atom stereocenters. The van der Waals surface area contributed by atoms with Crippen molar-refractivity contribution in [3.05, 3.63) is 89.3 Å². The summed E-state index contributed by atoms with van der Waals surface area (Å²) in [4.78, 5) is 0. The van der Waals surface area contributed by atoms with E-state index in [1.54, 1.807) is 6.08 Å². The maximum atomic E-state index is 12.1. The summed E-state index contributed by atoms with van der Waals surface area (Å²) in [6, 6.07) is 23.6. The Morgan fingerprint density at radius 2 is 1.54 bits per heavy atom. The number of sulfonamides is 1. The number of hydrogen-bond donors (Lipinski definition) is 1. The lowest BCUT2D eigenvalue weighted by Crippen LogP contribution is -2.23. The molecule has 0 aliphatic rings. The van der Waals surface area contributed by atoms with E-state index >= 15 is 0 Å². The van der Waals surface area contributed by atoms with E-state index in [0.717, 1.165) is 11.1 Å². The van der Waals surface area contributed by atoms with Gasteiger partial charge in [-0.2, -0.15) is 0 Å². The third-order valence-corrected chi connectivity index (χ3v) is 4.92. The molecule has 3 aromatic carbocycles. The SMILES string of the molecule is O=S(=O)(C=Cc1ccccc1)NCCc1cccc2ccccc12. The second-order valence-corrected chi connectivity index (χ2v) is 7.19. The maximum Gasteiger partial charge on any atom is 0.233 e. The van der Waals surface area contributed by atoms with Gasteiger partial charge in [0.2, 0.25) is 10.0 Å². The molecular formula is C20H19NO2S. The van der Waals surface area contributed by atoms with Crippen molar-refractivity contribution in [2.75, 3.05) is 6.54 Å². The minimum atomic E-state index is -3.43. The average molecular weight is 337 g/mol. The van der Waals surface area contributed by atoms with E-state index in [0.29, 0.717) is 13.0 Å². The van der Waals surface area contributed by atoms with Crippen LogP contribution in [-0.4, -0.2) is 15.0 Å². The molecule has 0 heterocycles. The van der Waals surface area contributed by atoms with E-state index in [2.05, 4.69) is 22.9 Å². The minimum absolute atomic E-state index is 0.371. The highest BCUT2D eigenvalue weighted by molar-refractivity contribution is 7.92. The van der Waals surface area contributed by atoms with Gasteiger partial charge in [0.1, 0.15) is 0 Å². The van der Waals surface area contributed by atoms with Crippen molar-refractivity contribution in [1.82, 2.24) is 4.72 Å². The molecule has 4 heteroatoms. The molecule has 0 amide bonds. The van der Waals surface area contributed by atoms with Crippen molar-refractivity contribution in [2.24, 2.45) is 0 Å². The average Bonchev–Trinajstić information content (AvgIpc) is 2.61. The van der Waals surface area contributed by atoms with E-state index in [4.69, 9.17) is 0 Å². The van der Waals surface area contributed by atoms with Crippen LogP contribution in [0, 0.1) is 0 Å². The molecule has 0 unspecified atom stereocenters. The zero-order valence-corrected chi connectivity index (χ0v) is 14.0. The van der Waals surface area contributed by atoms with Gasteiger partial charge in [-0.1, -0.05) is 72.8 Å². The Bertz CT molecular complexity index is 942. The van der Waals surface area contributed by atoms with Crippen molar-refractivity contribution in [3.8, 4) is 0 Å². The third kappa shape index (κ3) is 4.31. The first-order chi connectivity index (χ1) is 11.6. The van der Waals surface area contributed by atoms with E-state index in [1.807, 2.05) is 54.6 Å². The molecule has 1 N–H and O–H groups in total. The minimum Gasteiger partial charge on any atom is -0.211 e. The lowest BCUT2D eigenvalue weighted by Gasteiger charge is -2.07. The fraction of sp³-hybridized carbons (Fsp3) is 0.100. The summed E-state index contributed by atoms with van der Waals surface area (Å²) < 4.78 is 26.7. The number of nitrogens with one attached hydrogen (secondary N) is 1. The van der Waals surface area contributed by atoms with Gasteiger partial charge >= 0.3 is 0 Å². The first kappa shape index (κ1) is 16.4. The van der Waals surface area contributed by atoms with Crippen molar-refractivity contribution in [3.63, 3.8) is 0 Å². The molecular weight excluding hydrogens is 318 g/mol. The van der Waals surface area contributed by atoms with Gasteiger partial charge < -0.3 is 0 Å². The Balaban J connectivity index is 1.64. The lowest BCUT2D eigenvalue weighted by atomic mass is 10.0. The molecule has 3 rings (SSSR count). The van der Waals surface area contributed by atoms with Crippen LogP contribution in [0.15, 0.2) is 78.2 Å². The maximum absolute atomic E-state index is 12.1. The van der Waals surface area contributed by atoms with Crippen molar-refractivity contribution < 1.29 is 8.42 Å². The molecule has 24 heavy (non-hydrogen) atoms. The van der Waals surface area contributed by atoms with Gasteiger partial charge in [0, 0.05) is 12.0 Å². The van der Waals surface area contributed by atoms with Gasteiger partial charge in [-0.25, -0.2) is 13.1 Å². The number of rotatable bonds is 6. The molecule has 0 aromatic heterocycles. The quantitative estimate of drug-likeness (QED) is 0.740. The Labute approximate surface area is 142 Å². The fourth-order valence-corrected chi connectivity index (χ4v) is 3.44. The molecule has 0 spiro atoms. The van der Waals surface area contributed by atoms with Crippen LogP contribution in [0.4, 0.5) is 0 Å². The van der Waals surface area contributed by atoms with Crippen LogP contribution in [0.5, 0.6) is 0 Å². The molecule has 0 saturated carbocycles. The highest BCUT2D eigenvalue weighted by Gasteiger charge is 2.06. The van der Waals surface area contributed by atoms with Gasteiger partial charge in [-0.05, 0) is 34.4 Å². The van der Waals surface area contributed by atoms with Crippen LogP contribution >= 0.6 is 0 Å². The zero-order valence-electron chi connectivity index (χ0n) is 13.2. The predicted molar refractivity (Wildman–Crippen MR) is 100 cm³/mol. The third-order valence-electron chi connectivity index (χ3n) is 3.82. The molecule has 3 aromatic rings. The Hall–Kier alpha value is -2.43. The zero-order chi connectivity index (χ0) is 16.8. The largest absolute Gasteiger partial charge is 0.233 e. The van der Waals surface area contributed by atoms with Crippen molar-refractivity contribution >= 4 is 26.9 Å². The molecule has 0 fully saturated rings. The highest BCUT2D eigenvalue weighted by Crippen LogP contribution is 2.18. The van der Waals surface area contributed by atoms with Crippen LogP contribution in [-0.2, 0) is 16.4 Å². The molecule has 0 aliphatic carbocycles. The van der Waals surface area contributed by atoms with Crippen LogP contribution in [0.25, 0.3) is 16.8 Å². The molecule has 0 saturated heterocycles. The topological polar surface area (TPSA) is 46.2 Å². The molecule has 0 radical (unpaired) electrons. The Morgan fingerprint density at radius 1 is 0.833 bits per heavy atom. The van der Waals surface area contributed by atoms with Crippen LogP contribution in [0.1, 0.15) is 11.1 Å². The van der Waals surface area contributed by atoms with Crippen LogP contribution in [0.2, 0.25) is 0 Å². The standard InChI is InChI=1S/C20H19NO2S/c22-24(23,16-14-17-7-2-1-3-8-17)21-15-13-19-11-6-10-18-9-4-5-12-20(18)19/h1-12,14,16,21H,13,15H2. The summed E-state index contributed by atoms with van der Waals surface area (Å²) in [5, 5.41) is 3.55. The van der Waals surface area contributed by atoms with Crippen molar-refractivity contribution in [1.29, 1.82) is 0 Å². The summed E-state index contributed by atoms with van der Waals surface area (Å²) in [6.45, 7) is 0.371. The normalized spacial score (nSPS) is 12.0. The first-order valence-corrected chi connectivity index (χ1v) is 9.38. The summed E-state index contributed by atoms with van der Waals surface area (Å²) in [5.74, 6) is 0. The second-order valence-electron chi connectivity index (χ2n) is 5.54. The summed E-state index contributed by atoms with van der Waals surface area (Å²) in [6.07, 6.45) is 2.25. The van der Waals surface area contributed by atoms with E-state index in [-0.39, 0.29) is 0 Å². The first-order valence-electron chi connectivity index (χ1n) is 7.83. The van der Waals surface area contributed by atoms with Gasteiger partial charge in [-0.15, -0.1) is 0 Å². The fourth-order valence-electron chi connectivity index (χ4n) is 2.62. The van der Waals surface area contributed by atoms with Crippen LogP contribution in [0.3, 0.4) is 0 Å². The van der Waals surface area contributed by atoms with Gasteiger partial charge in [0.25, 0.3) is 0 Å². The number of fused-ring (bicyclic) bond motifs is 1. The van der Waals surface area contributed by atoms with Crippen LogP contribution < -0.4 is 4.72 Å². The van der Waals surface area contributed by atoms with E-state index in [1.165, 1.54) is 16.2 Å². The summed E-state index contributed by atoms with van der Waals surface area (Å²) >= 11 is 0. The number of hydrogen-bond acceptors (Lipinski definition) is 2. The molecule has 0 bridgehead atoms. The van der Waals surface area contributed by atoms with Gasteiger partial charge in [0.05, 0.1) is 0 Å².